The van der Waals surface area contributed by atoms with Crippen LogP contribution in [0.3, 0.4) is 0 Å². The topological polar surface area (TPSA) is 72.5 Å². The number of para-hydroxylation sites is 3. The highest BCUT2D eigenvalue weighted by molar-refractivity contribution is 7.91. The van der Waals surface area contributed by atoms with Crippen LogP contribution in [0.15, 0.2) is 84.9 Å². The fourth-order valence-electron chi connectivity index (χ4n) is 2.54. The van der Waals surface area contributed by atoms with E-state index in [1.807, 2.05) is 24.3 Å². The predicted octanol–water partition coefficient (Wildman–Crippen LogP) is 4.03. The van der Waals surface area contributed by atoms with Crippen LogP contribution < -0.4 is 10.1 Å². The minimum atomic E-state index is -3.66. The molecule has 3 rings (SSSR count). The molecule has 27 heavy (non-hydrogen) atoms. The van der Waals surface area contributed by atoms with Gasteiger partial charge in [-0.15, -0.1) is 0 Å². The molecule has 138 valence electrons. The van der Waals surface area contributed by atoms with Crippen LogP contribution in [0.4, 0.5) is 5.69 Å². The first-order chi connectivity index (χ1) is 13.0. The maximum atomic E-state index is 12.5. The van der Waals surface area contributed by atoms with Crippen LogP contribution in [-0.2, 0) is 20.4 Å². The summed E-state index contributed by atoms with van der Waals surface area (Å²) in [6.07, 6.45) is 0. The molecule has 5 nitrogen and oxygen atoms in total. The van der Waals surface area contributed by atoms with Crippen molar-refractivity contribution in [3.8, 4) is 11.5 Å². The maximum Gasteiger partial charge on any atom is 0.239 e. The summed E-state index contributed by atoms with van der Waals surface area (Å²) >= 11 is 0. The molecule has 0 fully saturated rings. The quantitative estimate of drug-likeness (QED) is 0.671. The Bertz CT molecular complexity index is 1000. The molecule has 0 aromatic heterocycles. The number of hydrogen-bond donors (Lipinski definition) is 1. The van der Waals surface area contributed by atoms with Crippen molar-refractivity contribution in [3.05, 3.63) is 90.5 Å². The van der Waals surface area contributed by atoms with Gasteiger partial charge >= 0.3 is 0 Å². The van der Waals surface area contributed by atoms with E-state index < -0.39 is 21.5 Å². The lowest BCUT2D eigenvalue weighted by molar-refractivity contribution is -0.113. The molecule has 3 aromatic rings. The molecule has 0 spiro atoms. The van der Waals surface area contributed by atoms with Crippen molar-refractivity contribution in [2.24, 2.45) is 0 Å². The number of carbonyl (C=O) groups is 1. The highest BCUT2D eigenvalue weighted by atomic mass is 32.2. The molecule has 0 radical (unpaired) electrons. The molecule has 0 heterocycles. The summed E-state index contributed by atoms with van der Waals surface area (Å²) in [5.74, 6) is -0.373. The lowest BCUT2D eigenvalue weighted by Gasteiger charge is -2.12. The number of nitrogens with one attached hydrogen (secondary N) is 1. The molecule has 3 aromatic carbocycles. The van der Waals surface area contributed by atoms with Gasteiger partial charge in [0.1, 0.15) is 17.3 Å². The van der Waals surface area contributed by atoms with Crippen LogP contribution in [0.2, 0.25) is 0 Å². The van der Waals surface area contributed by atoms with Crippen molar-refractivity contribution in [2.45, 2.75) is 5.75 Å². The number of hydrogen-bond acceptors (Lipinski definition) is 4. The van der Waals surface area contributed by atoms with Crippen molar-refractivity contribution in [1.82, 2.24) is 0 Å². The van der Waals surface area contributed by atoms with E-state index in [1.54, 1.807) is 60.7 Å². The van der Waals surface area contributed by atoms with E-state index in [4.69, 9.17) is 4.74 Å². The first-order valence-corrected chi connectivity index (χ1v) is 10.2. The van der Waals surface area contributed by atoms with Gasteiger partial charge in [0.25, 0.3) is 0 Å². The Morgan fingerprint density at radius 3 is 2.11 bits per heavy atom. The van der Waals surface area contributed by atoms with Crippen LogP contribution in [0.1, 0.15) is 5.56 Å². The van der Waals surface area contributed by atoms with E-state index in [2.05, 4.69) is 5.32 Å². The van der Waals surface area contributed by atoms with E-state index in [-0.39, 0.29) is 5.75 Å². The number of anilines is 1. The summed E-state index contributed by atoms with van der Waals surface area (Å²) in [5, 5.41) is 2.59. The Labute approximate surface area is 158 Å². The molecule has 0 bridgehead atoms. The number of amides is 1. The van der Waals surface area contributed by atoms with Crippen molar-refractivity contribution in [3.63, 3.8) is 0 Å². The molecule has 1 amide bonds. The van der Waals surface area contributed by atoms with Crippen molar-refractivity contribution in [1.29, 1.82) is 0 Å². The Hall–Kier alpha value is -3.12. The zero-order valence-electron chi connectivity index (χ0n) is 14.5. The second-order valence-electron chi connectivity index (χ2n) is 5.97. The minimum absolute atomic E-state index is 0.280. The van der Waals surface area contributed by atoms with Crippen molar-refractivity contribution in [2.75, 3.05) is 11.1 Å². The van der Waals surface area contributed by atoms with Gasteiger partial charge in [-0.2, -0.15) is 0 Å². The molecule has 0 saturated carbocycles. The lowest BCUT2D eigenvalue weighted by atomic mass is 10.2. The van der Waals surface area contributed by atoms with Gasteiger partial charge in [0.05, 0.1) is 5.75 Å². The first kappa shape index (κ1) is 18.7. The Morgan fingerprint density at radius 1 is 0.815 bits per heavy atom. The van der Waals surface area contributed by atoms with E-state index in [1.165, 1.54) is 0 Å². The number of rotatable bonds is 7. The zero-order chi connectivity index (χ0) is 19.1. The van der Waals surface area contributed by atoms with Crippen molar-refractivity contribution < 1.29 is 17.9 Å². The summed E-state index contributed by atoms with van der Waals surface area (Å²) in [6.45, 7) is 0. The monoisotopic (exact) mass is 381 g/mol. The Kier molecular flexibility index (Phi) is 5.88. The number of sulfone groups is 1. The standard InChI is InChI=1S/C21H19NO4S/c23-21(22-18-10-3-1-4-11-18)16-27(24,25)15-17-9-7-8-14-20(17)26-19-12-5-2-6-13-19/h1-14H,15-16H2,(H,22,23). The predicted molar refractivity (Wildman–Crippen MR) is 106 cm³/mol. The smallest absolute Gasteiger partial charge is 0.239 e. The fourth-order valence-corrected chi connectivity index (χ4v) is 3.83. The molecular formula is C21H19NO4S. The average Bonchev–Trinajstić information content (AvgIpc) is 2.64. The second-order valence-corrected chi connectivity index (χ2v) is 8.03. The van der Waals surface area contributed by atoms with Gasteiger partial charge in [0, 0.05) is 11.3 Å². The Balaban J connectivity index is 1.69. The van der Waals surface area contributed by atoms with Gasteiger partial charge < -0.3 is 10.1 Å². The zero-order valence-corrected chi connectivity index (χ0v) is 15.4. The first-order valence-electron chi connectivity index (χ1n) is 8.38. The third-order valence-corrected chi connectivity index (χ3v) is 5.18. The van der Waals surface area contributed by atoms with Gasteiger partial charge in [0.2, 0.25) is 5.91 Å². The lowest BCUT2D eigenvalue weighted by Crippen LogP contribution is -2.24. The van der Waals surface area contributed by atoms with E-state index in [9.17, 15) is 13.2 Å². The molecule has 0 aliphatic rings. The molecular weight excluding hydrogens is 362 g/mol. The highest BCUT2D eigenvalue weighted by Gasteiger charge is 2.20. The summed E-state index contributed by atoms with van der Waals surface area (Å²) < 4.78 is 30.8. The molecule has 1 N–H and O–H groups in total. The van der Waals surface area contributed by atoms with Crippen LogP contribution in [0, 0.1) is 0 Å². The maximum absolute atomic E-state index is 12.5. The van der Waals surface area contributed by atoms with Gasteiger partial charge in [-0.05, 0) is 30.3 Å². The molecule has 0 aliphatic heterocycles. The summed E-state index contributed by atoms with van der Waals surface area (Å²) in [6, 6.07) is 24.8. The molecule has 0 unspecified atom stereocenters. The molecule has 0 aliphatic carbocycles. The SMILES string of the molecule is O=C(CS(=O)(=O)Cc1ccccc1Oc1ccccc1)Nc1ccccc1. The summed E-state index contributed by atoms with van der Waals surface area (Å²) in [4.78, 5) is 12.1. The third-order valence-electron chi connectivity index (χ3n) is 3.73. The second kappa shape index (κ2) is 8.51. The van der Waals surface area contributed by atoms with Gasteiger partial charge in [-0.3, -0.25) is 4.79 Å². The Morgan fingerprint density at radius 2 is 1.41 bits per heavy atom. The fraction of sp³-hybridized carbons (Fsp3) is 0.0952. The number of ether oxygens (including phenoxy) is 1. The molecule has 0 saturated heterocycles. The van der Waals surface area contributed by atoms with Crippen LogP contribution in [-0.4, -0.2) is 20.1 Å². The van der Waals surface area contributed by atoms with Crippen molar-refractivity contribution >= 4 is 21.4 Å². The molecule has 6 heteroatoms. The largest absolute Gasteiger partial charge is 0.457 e. The van der Waals surface area contributed by atoms with Crippen LogP contribution in [0.25, 0.3) is 0 Å². The molecule has 0 atom stereocenters. The summed E-state index contributed by atoms with van der Waals surface area (Å²) in [5.41, 5.74) is 1.07. The normalized spacial score (nSPS) is 11.0. The highest BCUT2D eigenvalue weighted by Crippen LogP contribution is 2.26. The van der Waals surface area contributed by atoms with E-state index >= 15 is 0 Å². The minimum Gasteiger partial charge on any atom is -0.457 e. The summed E-state index contributed by atoms with van der Waals surface area (Å²) in [7, 11) is -3.66. The van der Waals surface area contributed by atoms with Gasteiger partial charge in [0.15, 0.2) is 9.84 Å². The van der Waals surface area contributed by atoms with E-state index in [0.29, 0.717) is 22.7 Å². The average molecular weight is 381 g/mol. The third kappa shape index (κ3) is 5.69. The van der Waals surface area contributed by atoms with Gasteiger partial charge in [-0.25, -0.2) is 8.42 Å². The van der Waals surface area contributed by atoms with Gasteiger partial charge in [-0.1, -0.05) is 54.6 Å². The van der Waals surface area contributed by atoms with Crippen LogP contribution >= 0.6 is 0 Å². The van der Waals surface area contributed by atoms with E-state index in [0.717, 1.165) is 0 Å². The number of benzene rings is 3. The number of carbonyl (C=O) groups excluding carboxylic acids is 1. The van der Waals surface area contributed by atoms with Crippen LogP contribution in [0.5, 0.6) is 11.5 Å².